The number of hydrogen-bond donors (Lipinski definition) is 4. The molecule has 1 heterocycles. The zero-order chi connectivity index (χ0) is 33.8. The summed E-state index contributed by atoms with van der Waals surface area (Å²) in [6, 6.07) is 5.76. The second-order valence-corrected chi connectivity index (χ2v) is 15.6. The summed E-state index contributed by atoms with van der Waals surface area (Å²) in [5.74, 6) is -6.01. The molecule has 0 bridgehead atoms. The molecule has 5 amide bonds. The molecule has 0 aromatic heterocycles. The van der Waals surface area contributed by atoms with Crippen LogP contribution in [0.25, 0.3) is 0 Å². The molecule has 10 nitrogen and oxygen atoms in total. The highest BCUT2D eigenvalue weighted by atomic mass is 19.3. The highest BCUT2D eigenvalue weighted by Gasteiger charge is 2.70. The maximum atomic E-state index is 14.3. The first-order valence-corrected chi connectivity index (χ1v) is 16.3. The van der Waals surface area contributed by atoms with Gasteiger partial charge < -0.3 is 26.6 Å². The van der Waals surface area contributed by atoms with Gasteiger partial charge in [-0.3, -0.25) is 19.2 Å². The molecule has 5 N–H and O–H groups in total. The van der Waals surface area contributed by atoms with Crippen molar-refractivity contribution in [2.45, 2.75) is 109 Å². The number of nitrogens with zero attached hydrogens (tertiary/aromatic N) is 1. The zero-order valence-electron chi connectivity index (χ0n) is 27.3. The zero-order valence-corrected chi connectivity index (χ0v) is 27.3. The van der Waals surface area contributed by atoms with Gasteiger partial charge in [-0.05, 0) is 66.3 Å². The number of rotatable bonds is 10. The average Bonchev–Trinajstić information content (AvgIpc) is 3.84. The topological polar surface area (TPSA) is 151 Å². The molecule has 0 radical (unpaired) electrons. The Morgan fingerprint density at radius 1 is 0.978 bits per heavy atom. The number of fused-ring (bicyclic) bond motifs is 1. The van der Waals surface area contributed by atoms with Crippen molar-refractivity contribution in [2.24, 2.45) is 34.3 Å². The minimum Gasteiger partial charge on any atom is -0.363 e. The number of nitrogens with two attached hydrogens (primary N) is 1. The number of carbonyl (C=O) groups excluding carboxylic acids is 5. The molecule has 46 heavy (non-hydrogen) atoms. The molecule has 4 fully saturated rings. The standard InChI is InChI=1S/C34H47F2N5O5/c1-31(2,3)26(39-30(46)40-33(13-15-34(35,36)16-14-33)17-19-9-7-6-8-10-19)29(45)41-18-21-22(32(21,4)5)24(41)28(44)38-23(20-11-12-20)25(42)27(37)43/h6-10,20-24,26H,11-18H2,1-5H3,(H2,37,43)(H,38,44)(H2,39,40,46)/t21-,22-,23?,24-,26+/m0/s1. The summed E-state index contributed by atoms with van der Waals surface area (Å²) in [5.41, 5.74) is 4.26. The second-order valence-electron chi connectivity index (χ2n) is 15.6. The van der Waals surface area contributed by atoms with Crippen LogP contribution in [0, 0.1) is 28.6 Å². The van der Waals surface area contributed by atoms with Crippen LogP contribution in [0.2, 0.25) is 0 Å². The first-order chi connectivity index (χ1) is 21.4. The summed E-state index contributed by atoms with van der Waals surface area (Å²) in [6.07, 6.45) is 1.18. The number of piperidine rings is 1. The van der Waals surface area contributed by atoms with E-state index in [9.17, 15) is 32.8 Å². The number of Topliss-reactive ketones (excluding diaryl/α,β-unsaturated/α-hetero) is 1. The van der Waals surface area contributed by atoms with E-state index in [0.717, 1.165) is 5.56 Å². The summed E-state index contributed by atoms with van der Waals surface area (Å²) in [5, 5.41) is 8.58. The van der Waals surface area contributed by atoms with Gasteiger partial charge in [-0.15, -0.1) is 0 Å². The van der Waals surface area contributed by atoms with Crippen molar-refractivity contribution < 1.29 is 32.8 Å². The Balaban J connectivity index is 1.35. The Labute approximate surface area is 269 Å². The van der Waals surface area contributed by atoms with Gasteiger partial charge in [-0.2, -0.15) is 0 Å². The molecule has 3 saturated carbocycles. The Kier molecular flexibility index (Phi) is 8.74. The molecule has 1 unspecified atom stereocenters. The molecule has 1 aromatic carbocycles. The molecular weight excluding hydrogens is 596 g/mol. The molecule has 5 rings (SSSR count). The maximum absolute atomic E-state index is 14.3. The van der Waals surface area contributed by atoms with E-state index in [4.69, 9.17) is 5.73 Å². The van der Waals surface area contributed by atoms with Crippen molar-refractivity contribution >= 4 is 29.5 Å². The summed E-state index contributed by atoms with van der Waals surface area (Å²) in [4.78, 5) is 67.5. The first-order valence-electron chi connectivity index (χ1n) is 16.3. The van der Waals surface area contributed by atoms with E-state index in [-0.39, 0.29) is 48.9 Å². The number of likely N-dealkylation sites (tertiary alicyclic amines) is 1. The van der Waals surface area contributed by atoms with Gasteiger partial charge in [0.05, 0.1) is 0 Å². The molecule has 3 aliphatic carbocycles. The van der Waals surface area contributed by atoms with Crippen molar-refractivity contribution in [1.82, 2.24) is 20.9 Å². The first kappa shape index (κ1) is 33.8. The van der Waals surface area contributed by atoms with E-state index in [2.05, 4.69) is 16.0 Å². The third-order valence-electron chi connectivity index (χ3n) is 10.8. The number of halogens is 2. The van der Waals surface area contributed by atoms with Crippen LogP contribution in [0.1, 0.15) is 78.7 Å². The van der Waals surface area contributed by atoms with Crippen molar-refractivity contribution in [1.29, 1.82) is 0 Å². The van der Waals surface area contributed by atoms with E-state index < -0.39 is 64.5 Å². The minimum absolute atomic E-state index is 0.0471. The minimum atomic E-state index is -2.80. The van der Waals surface area contributed by atoms with Gasteiger partial charge >= 0.3 is 6.03 Å². The van der Waals surface area contributed by atoms with E-state index in [0.29, 0.717) is 25.8 Å². The van der Waals surface area contributed by atoms with Crippen LogP contribution < -0.4 is 21.7 Å². The normalized spacial score (nSPS) is 27.0. The third-order valence-corrected chi connectivity index (χ3v) is 10.8. The quantitative estimate of drug-likeness (QED) is 0.289. The van der Waals surface area contributed by atoms with E-state index in [1.807, 2.05) is 44.2 Å². The van der Waals surface area contributed by atoms with Gasteiger partial charge in [0.2, 0.25) is 23.5 Å². The summed E-state index contributed by atoms with van der Waals surface area (Å²) >= 11 is 0. The van der Waals surface area contributed by atoms with Gasteiger partial charge in [0.1, 0.15) is 18.1 Å². The molecule has 1 saturated heterocycles. The van der Waals surface area contributed by atoms with Crippen LogP contribution in [-0.2, 0) is 25.6 Å². The summed E-state index contributed by atoms with van der Waals surface area (Å²) < 4.78 is 28.4. The number of carbonyl (C=O) groups is 5. The SMILES string of the molecule is CC(C)(C)[C@H](NC(=O)NC1(Cc2ccccc2)CCC(F)(F)CC1)C(=O)N1C[C@H]2[C@@H]([C@H]1C(=O)NC(C(=O)C(N)=O)C1CC1)C2(C)C. The fraction of sp³-hybridized carbons (Fsp3) is 0.676. The lowest BCUT2D eigenvalue weighted by Gasteiger charge is -2.42. The number of urea groups is 1. The Morgan fingerprint density at radius 2 is 1.59 bits per heavy atom. The molecule has 4 aliphatic rings. The van der Waals surface area contributed by atoms with Crippen molar-refractivity contribution in [3.8, 4) is 0 Å². The van der Waals surface area contributed by atoms with Crippen LogP contribution in [0.3, 0.4) is 0 Å². The molecule has 1 aliphatic heterocycles. The van der Waals surface area contributed by atoms with Crippen LogP contribution in [0.15, 0.2) is 30.3 Å². The van der Waals surface area contributed by atoms with Crippen molar-refractivity contribution in [3.05, 3.63) is 35.9 Å². The molecule has 5 atom stereocenters. The summed E-state index contributed by atoms with van der Waals surface area (Å²) in [7, 11) is 0. The number of amides is 5. The van der Waals surface area contributed by atoms with Crippen LogP contribution in [0.4, 0.5) is 13.6 Å². The van der Waals surface area contributed by atoms with Gasteiger partial charge in [0.25, 0.3) is 5.91 Å². The van der Waals surface area contributed by atoms with E-state index in [1.54, 1.807) is 20.8 Å². The molecule has 12 heteroatoms. The average molecular weight is 644 g/mol. The molecule has 1 aromatic rings. The van der Waals surface area contributed by atoms with Gasteiger partial charge in [0.15, 0.2) is 0 Å². The lowest BCUT2D eigenvalue weighted by atomic mass is 9.76. The van der Waals surface area contributed by atoms with Crippen LogP contribution in [0.5, 0.6) is 0 Å². The predicted molar refractivity (Wildman–Crippen MR) is 166 cm³/mol. The highest BCUT2D eigenvalue weighted by Crippen LogP contribution is 2.65. The molecule has 252 valence electrons. The lowest BCUT2D eigenvalue weighted by molar-refractivity contribution is -0.145. The monoisotopic (exact) mass is 643 g/mol. The van der Waals surface area contributed by atoms with Crippen molar-refractivity contribution in [3.63, 3.8) is 0 Å². The van der Waals surface area contributed by atoms with Crippen LogP contribution >= 0.6 is 0 Å². The van der Waals surface area contributed by atoms with Crippen molar-refractivity contribution in [2.75, 3.05) is 6.54 Å². The largest absolute Gasteiger partial charge is 0.363 e. The van der Waals surface area contributed by atoms with Crippen LogP contribution in [-0.4, -0.2) is 70.6 Å². The fourth-order valence-corrected chi connectivity index (χ4v) is 7.68. The lowest BCUT2D eigenvalue weighted by Crippen LogP contribution is -2.63. The number of nitrogens with one attached hydrogen (secondary N) is 3. The Morgan fingerprint density at radius 3 is 2.13 bits per heavy atom. The number of primary amides is 1. The fourth-order valence-electron chi connectivity index (χ4n) is 7.68. The van der Waals surface area contributed by atoms with Gasteiger partial charge in [0, 0.05) is 24.9 Å². The molecular formula is C34H47F2N5O5. The highest BCUT2D eigenvalue weighted by molar-refractivity contribution is 6.38. The predicted octanol–water partition coefficient (Wildman–Crippen LogP) is 3.32. The smallest absolute Gasteiger partial charge is 0.315 e. The maximum Gasteiger partial charge on any atom is 0.315 e. The number of alkyl halides is 2. The van der Waals surface area contributed by atoms with Gasteiger partial charge in [-0.1, -0.05) is 65.0 Å². The van der Waals surface area contributed by atoms with E-state index >= 15 is 0 Å². The number of ketones is 1. The third kappa shape index (κ3) is 6.90. The summed E-state index contributed by atoms with van der Waals surface area (Å²) in [6.45, 7) is 9.79. The van der Waals surface area contributed by atoms with Gasteiger partial charge in [-0.25, -0.2) is 13.6 Å². The Bertz CT molecular complexity index is 1380. The number of hydrogen-bond acceptors (Lipinski definition) is 5. The van der Waals surface area contributed by atoms with E-state index in [1.165, 1.54) is 4.90 Å². The Hall–Kier alpha value is -3.57. The molecule has 0 spiro atoms. The second kappa shape index (κ2) is 11.9. The number of benzene rings is 1.